The minimum Gasteiger partial charge on any atom is -0.336 e. The molecule has 1 saturated heterocycles. The van der Waals surface area contributed by atoms with Gasteiger partial charge in [-0.3, -0.25) is 14.5 Å². The molecule has 6 heteroatoms. The Balaban J connectivity index is 1.48. The normalized spacial score (nSPS) is 15.5. The summed E-state index contributed by atoms with van der Waals surface area (Å²) >= 11 is 1.46. The maximum absolute atomic E-state index is 13.7. The fraction of sp³-hybridized carbons (Fsp3) is 0.333. The standard InChI is InChI=1S/C18H19FN2O2S/c19-15-5-2-1-4-14(15)18(23)21-11-9-20(10-12-21)8-7-16(22)17-6-3-13-24-17/h1-6,13H,7-12H2. The molecule has 0 spiro atoms. The number of halogens is 1. The van der Waals surface area contributed by atoms with Crippen LogP contribution < -0.4 is 0 Å². The van der Waals surface area contributed by atoms with Crippen molar-refractivity contribution >= 4 is 23.0 Å². The molecule has 24 heavy (non-hydrogen) atoms. The van der Waals surface area contributed by atoms with Crippen LogP contribution in [0.25, 0.3) is 0 Å². The Kier molecular flexibility index (Phi) is 5.37. The zero-order valence-electron chi connectivity index (χ0n) is 13.3. The topological polar surface area (TPSA) is 40.6 Å². The summed E-state index contributed by atoms with van der Waals surface area (Å²) in [6.07, 6.45) is 0.488. The van der Waals surface area contributed by atoms with Gasteiger partial charge in [-0.1, -0.05) is 18.2 Å². The molecule has 1 amide bonds. The summed E-state index contributed by atoms with van der Waals surface area (Å²) in [6, 6.07) is 9.80. The first-order chi connectivity index (χ1) is 11.6. The third kappa shape index (κ3) is 3.88. The molecule has 126 valence electrons. The van der Waals surface area contributed by atoms with Crippen LogP contribution in [0.4, 0.5) is 4.39 Å². The molecule has 4 nitrogen and oxygen atoms in total. The van der Waals surface area contributed by atoms with Gasteiger partial charge in [0.05, 0.1) is 10.4 Å². The maximum Gasteiger partial charge on any atom is 0.256 e. The maximum atomic E-state index is 13.7. The fourth-order valence-corrected chi connectivity index (χ4v) is 3.49. The number of hydrogen-bond acceptors (Lipinski definition) is 4. The molecule has 1 aromatic heterocycles. The lowest BCUT2D eigenvalue weighted by Crippen LogP contribution is -2.49. The minimum absolute atomic E-state index is 0.124. The SMILES string of the molecule is O=C(CCN1CCN(C(=O)c2ccccc2F)CC1)c1cccs1. The predicted octanol–water partition coefficient (Wildman–Crippen LogP) is 2.92. The van der Waals surface area contributed by atoms with E-state index in [9.17, 15) is 14.0 Å². The summed E-state index contributed by atoms with van der Waals surface area (Å²) in [7, 11) is 0. The van der Waals surface area contributed by atoms with Gasteiger partial charge in [0.2, 0.25) is 0 Å². The van der Waals surface area contributed by atoms with E-state index in [0.717, 1.165) is 4.88 Å². The Bertz CT molecular complexity index is 710. The molecule has 0 N–H and O–H groups in total. The van der Waals surface area contributed by atoms with Gasteiger partial charge >= 0.3 is 0 Å². The lowest BCUT2D eigenvalue weighted by atomic mass is 10.1. The molecule has 0 radical (unpaired) electrons. The Morgan fingerprint density at radius 2 is 1.79 bits per heavy atom. The average molecular weight is 346 g/mol. The van der Waals surface area contributed by atoms with Gasteiger partial charge in [0.15, 0.2) is 5.78 Å². The second-order valence-corrected chi connectivity index (χ2v) is 6.71. The number of rotatable bonds is 5. The molecule has 1 aromatic carbocycles. The van der Waals surface area contributed by atoms with Crippen molar-refractivity contribution in [3.05, 3.63) is 58.0 Å². The fourth-order valence-electron chi connectivity index (χ4n) is 2.80. The molecular formula is C18H19FN2O2S. The highest BCUT2D eigenvalue weighted by Gasteiger charge is 2.24. The zero-order valence-corrected chi connectivity index (χ0v) is 14.1. The van der Waals surface area contributed by atoms with Gasteiger partial charge in [-0.05, 0) is 23.6 Å². The van der Waals surface area contributed by atoms with Crippen LogP contribution in [0.1, 0.15) is 26.5 Å². The molecule has 3 rings (SSSR count). The highest BCUT2D eigenvalue weighted by molar-refractivity contribution is 7.12. The van der Waals surface area contributed by atoms with Gasteiger partial charge in [-0.25, -0.2) is 4.39 Å². The monoisotopic (exact) mass is 346 g/mol. The number of carbonyl (C=O) groups is 2. The molecule has 0 atom stereocenters. The summed E-state index contributed by atoms with van der Waals surface area (Å²) in [5.74, 6) is -0.580. The third-order valence-electron chi connectivity index (χ3n) is 4.21. The van der Waals surface area contributed by atoms with Crippen LogP contribution in [0.3, 0.4) is 0 Å². The number of ketones is 1. The Morgan fingerprint density at radius 3 is 2.46 bits per heavy atom. The van der Waals surface area contributed by atoms with Crippen LogP contribution in [0.5, 0.6) is 0 Å². The van der Waals surface area contributed by atoms with Crippen molar-refractivity contribution in [2.75, 3.05) is 32.7 Å². The first-order valence-electron chi connectivity index (χ1n) is 7.98. The summed E-state index contributed by atoms with van der Waals surface area (Å²) < 4.78 is 13.7. The second-order valence-electron chi connectivity index (χ2n) is 5.76. The van der Waals surface area contributed by atoms with Gasteiger partial charge in [-0.2, -0.15) is 0 Å². The molecule has 0 aliphatic carbocycles. The lowest BCUT2D eigenvalue weighted by molar-refractivity contribution is 0.0624. The number of benzene rings is 1. The van der Waals surface area contributed by atoms with Gasteiger partial charge in [-0.15, -0.1) is 11.3 Å². The summed E-state index contributed by atoms with van der Waals surface area (Å²) in [5, 5.41) is 1.90. The van der Waals surface area contributed by atoms with E-state index in [4.69, 9.17) is 0 Å². The molecule has 0 unspecified atom stereocenters. The molecule has 1 aliphatic heterocycles. The summed E-state index contributed by atoms with van der Waals surface area (Å²) in [6.45, 7) is 3.22. The highest BCUT2D eigenvalue weighted by Crippen LogP contribution is 2.14. The number of Topliss-reactive ketones (excluding diaryl/α,β-unsaturated/α-hetero) is 1. The van der Waals surface area contributed by atoms with Crippen LogP contribution in [0.2, 0.25) is 0 Å². The van der Waals surface area contributed by atoms with Crippen molar-refractivity contribution in [3.63, 3.8) is 0 Å². The van der Waals surface area contributed by atoms with Crippen molar-refractivity contribution in [3.8, 4) is 0 Å². The number of hydrogen-bond donors (Lipinski definition) is 0. The molecule has 1 fully saturated rings. The van der Waals surface area contributed by atoms with Crippen LogP contribution in [0.15, 0.2) is 41.8 Å². The Morgan fingerprint density at radius 1 is 1.04 bits per heavy atom. The number of carbonyl (C=O) groups excluding carboxylic acids is 2. The second kappa shape index (κ2) is 7.68. The van der Waals surface area contributed by atoms with E-state index >= 15 is 0 Å². The van der Waals surface area contributed by atoms with Crippen LogP contribution in [-0.2, 0) is 0 Å². The number of piperazine rings is 1. The first kappa shape index (κ1) is 16.8. The highest BCUT2D eigenvalue weighted by atomic mass is 32.1. The molecule has 1 aliphatic rings. The minimum atomic E-state index is -0.480. The quantitative estimate of drug-likeness (QED) is 0.782. The van der Waals surface area contributed by atoms with Gasteiger partial charge < -0.3 is 4.90 Å². The molecule has 0 saturated carbocycles. The van der Waals surface area contributed by atoms with Crippen molar-refractivity contribution < 1.29 is 14.0 Å². The van der Waals surface area contributed by atoms with E-state index in [1.54, 1.807) is 17.0 Å². The summed E-state index contributed by atoms with van der Waals surface area (Å²) in [5.41, 5.74) is 0.124. The number of amides is 1. The lowest BCUT2D eigenvalue weighted by Gasteiger charge is -2.34. The van der Waals surface area contributed by atoms with Crippen molar-refractivity contribution in [2.45, 2.75) is 6.42 Å². The van der Waals surface area contributed by atoms with Crippen molar-refractivity contribution in [2.24, 2.45) is 0 Å². The van der Waals surface area contributed by atoms with E-state index < -0.39 is 5.82 Å². The van der Waals surface area contributed by atoms with Crippen molar-refractivity contribution in [1.82, 2.24) is 9.80 Å². The molecular weight excluding hydrogens is 327 g/mol. The number of thiophene rings is 1. The van der Waals surface area contributed by atoms with Crippen LogP contribution in [0, 0.1) is 5.82 Å². The molecule has 2 heterocycles. The van der Waals surface area contributed by atoms with Crippen molar-refractivity contribution in [1.29, 1.82) is 0 Å². The van der Waals surface area contributed by atoms with E-state index in [1.807, 2.05) is 17.5 Å². The zero-order chi connectivity index (χ0) is 16.9. The Hall–Kier alpha value is -2.05. The first-order valence-corrected chi connectivity index (χ1v) is 8.86. The van der Waals surface area contributed by atoms with E-state index in [-0.39, 0.29) is 17.3 Å². The molecule has 2 aromatic rings. The van der Waals surface area contributed by atoms with E-state index in [2.05, 4.69) is 4.90 Å². The average Bonchev–Trinajstić information content (AvgIpc) is 3.15. The number of nitrogens with zero attached hydrogens (tertiary/aromatic N) is 2. The third-order valence-corrected chi connectivity index (χ3v) is 5.13. The summed E-state index contributed by atoms with van der Waals surface area (Å²) in [4.78, 5) is 29.0. The Labute approximate surface area is 144 Å². The van der Waals surface area contributed by atoms with Crippen LogP contribution in [-0.4, -0.2) is 54.2 Å². The smallest absolute Gasteiger partial charge is 0.256 e. The van der Waals surface area contributed by atoms with E-state index in [1.165, 1.54) is 23.5 Å². The van der Waals surface area contributed by atoms with Gasteiger partial charge in [0.1, 0.15) is 5.82 Å². The molecule has 0 bridgehead atoms. The predicted molar refractivity (Wildman–Crippen MR) is 92.0 cm³/mol. The van der Waals surface area contributed by atoms with Crippen LogP contribution >= 0.6 is 11.3 Å². The van der Waals surface area contributed by atoms with Gasteiger partial charge in [0, 0.05) is 39.1 Å². The van der Waals surface area contributed by atoms with Gasteiger partial charge in [0.25, 0.3) is 5.91 Å². The van der Waals surface area contributed by atoms with E-state index in [0.29, 0.717) is 39.1 Å². The largest absolute Gasteiger partial charge is 0.336 e.